The number of anilines is 1. The van der Waals surface area contributed by atoms with Gasteiger partial charge in [-0.3, -0.25) is 0 Å². The quantitative estimate of drug-likeness (QED) is 0.789. The summed E-state index contributed by atoms with van der Waals surface area (Å²) in [4.78, 5) is 0. The highest BCUT2D eigenvalue weighted by atomic mass is 16.3. The van der Waals surface area contributed by atoms with E-state index in [9.17, 15) is 5.11 Å². The van der Waals surface area contributed by atoms with Crippen molar-refractivity contribution in [3.63, 3.8) is 0 Å². The molecule has 18 heavy (non-hydrogen) atoms. The van der Waals surface area contributed by atoms with Crippen LogP contribution in [0.15, 0.2) is 24.3 Å². The molecule has 4 nitrogen and oxygen atoms in total. The van der Waals surface area contributed by atoms with E-state index in [0.717, 1.165) is 5.56 Å². The zero-order valence-corrected chi connectivity index (χ0v) is 10.2. The van der Waals surface area contributed by atoms with Crippen molar-refractivity contribution >= 4 is 5.82 Å². The van der Waals surface area contributed by atoms with Crippen LogP contribution in [0.2, 0.25) is 0 Å². The number of nitrogens with zero attached hydrogens (tertiary/aromatic N) is 2. The van der Waals surface area contributed by atoms with E-state index in [-0.39, 0.29) is 5.75 Å². The molecule has 0 aliphatic carbocycles. The third-order valence-electron chi connectivity index (χ3n) is 2.66. The van der Waals surface area contributed by atoms with Crippen molar-refractivity contribution in [3.8, 4) is 29.4 Å². The molecular formula is C14H13N3O. The number of hydrogen-bond donors (Lipinski definition) is 2. The molecule has 0 bridgehead atoms. The number of aryl methyl sites for hydroxylation is 1. The monoisotopic (exact) mass is 239 g/mol. The van der Waals surface area contributed by atoms with Crippen molar-refractivity contribution in [3.05, 3.63) is 35.4 Å². The van der Waals surface area contributed by atoms with Crippen molar-refractivity contribution in [2.75, 3.05) is 12.4 Å². The topological polar surface area (TPSA) is 58.0 Å². The van der Waals surface area contributed by atoms with Gasteiger partial charge in [-0.15, -0.1) is 16.6 Å². The Hall–Kier alpha value is -2.54. The van der Waals surface area contributed by atoms with Crippen LogP contribution in [0.5, 0.6) is 5.75 Å². The summed E-state index contributed by atoms with van der Waals surface area (Å²) in [5.74, 6) is 3.28. The first-order valence-corrected chi connectivity index (χ1v) is 5.47. The maximum Gasteiger partial charge on any atom is 0.148 e. The average Bonchev–Trinajstić information content (AvgIpc) is 2.39. The molecule has 4 heteroatoms. The van der Waals surface area contributed by atoms with Crippen LogP contribution in [0, 0.1) is 19.3 Å². The van der Waals surface area contributed by atoms with Crippen molar-refractivity contribution in [2.45, 2.75) is 6.92 Å². The lowest BCUT2D eigenvalue weighted by Crippen LogP contribution is -1.98. The first-order valence-electron chi connectivity index (χ1n) is 5.47. The third-order valence-corrected chi connectivity index (χ3v) is 2.66. The van der Waals surface area contributed by atoms with Crippen molar-refractivity contribution in [1.82, 2.24) is 10.2 Å². The molecular weight excluding hydrogens is 226 g/mol. The van der Waals surface area contributed by atoms with Gasteiger partial charge in [0, 0.05) is 18.2 Å². The number of phenolic OH excluding ortho intramolecular Hbond substituents is 1. The van der Waals surface area contributed by atoms with E-state index in [2.05, 4.69) is 21.4 Å². The maximum absolute atomic E-state index is 9.95. The van der Waals surface area contributed by atoms with Crippen LogP contribution in [0.4, 0.5) is 5.82 Å². The summed E-state index contributed by atoms with van der Waals surface area (Å²) in [5.41, 5.74) is 2.84. The molecule has 90 valence electrons. The molecule has 1 aromatic carbocycles. The Morgan fingerprint density at radius 3 is 2.61 bits per heavy atom. The van der Waals surface area contributed by atoms with Gasteiger partial charge < -0.3 is 10.4 Å². The Morgan fingerprint density at radius 2 is 2.06 bits per heavy atom. The molecule has 0 fully saturated rings. The molecule has 0 aliphatic rings. The number of aromatic hydroxyl groups is 1. The number of aromatic nitrogens is 2. The predicted molar refractivity (Wildman–Crippen MR) is 71.4 cm³/mol. The zero-order valence-electron chi connectivity index (χ0n) is 10.2. The first-order chi connectivity index (χ1) is 8.65. The summed E-state index contributed by atoms with van der Waals surface area (Å²) in [6.07, 6.45) is 5.28. The Bertz CT molecular complexity index is 629. The average molecular weight is 239 g/mol. The lowest BCUT2D eigenvalue weighted by molar-refractivity contribution is 0.477. The highest BCUT2D eigenvalue weighted by Crippen LogP contribution is 2.30. The number of rotatable bonds is 2. The smallest absolute Gasteiger partial charge is 0.148 e. The Labute approximate surface area is 106 Å². The van der Waals surface area contributed by atoms with E-state index in [1.54, 1.807) is 25.2 Å². The third kappa shape index (κ3) is 2.11. The molecule has 0 saturated heterocycles. The number of nitrogens with one attached hydrogen (secondary N) is 1. The Morgan fingerprint density at radius 1 is 1.28 bits per heavy atom. The van der Waals surface area contributed by atoms with Gasteiger partial charge >= 0.3 is 0 Å². The second-order valence-corrected chi connectivity index (χ2v) is 3.89. The Balaban J connectivity index is 2.52. The van der Waals surface area contributed by atoms with Gasteiger partial charge in [-0.05, 0) is 36.8 Å². The summed E-state index contributed by atoms with van der Waals surface area (Å²) in [5, 5.41) is 21.0. The van der Waals surface area contributed by atoms with Gasteiger partial charge in [-0.25, -0.2) is 0 Å². The van der Waals surface area contributed by atoms with Gasteiger partial charge in [0.1, 0.15) is 11.6 Å². The highest BCUT2D eigenvalue weighted by molar-refractivity contribution is 5.71. The summed E-state index contributed by atoms with van der Waals surface area (Å²) in [6.45, 7) is 1.92. The van der Waals surface area contributed by atoms with Gasteiger partial charge in [0.2, 0.25) is 0 Å². The van der Waals surface area contributed by atoms with Gasteiger partial charge in [-0.2, -0.15) is 0 Å². The minimum absolute atomic E-state index is 0.111. The van der Waals surface area contributed by atoms with Crippen molar-refractivity contribution in [1.29, 1.82) is 0 Å². The summed E-state index contributed by atoms with van der Waals surface area (Å²) in [7, 11) is 1.78. The van der Waals surface area contributed by atoms with Crippen molar-refractivity contribution in [2.24, 2.45) is 0 Å². The summed E-state index contributed by atoms with van der Waals surface area (Å²) < 4.78 is 0. The standard InChI is InChI=1S/C14H13N3O/c1-4-10-5-6-11(12(18)8-10)14-9(2)7-13(15-3)16-17-14/h1,5-8,18H,2-3H3,(H,15,16). The molecule has 0 radical (unpaired) electrons. The van der Waals surface area contributed by atoms with Crippen molar-refractivity contribution < 1.29 is 5.11 Å². The molecule has 2 N–H and O–H groups in total. The number of hydrogen-bond acceptors (Lipinski definition) is 4. The number of terminal acetylenes is 1. The van der Waals surface area contributed by atoms with Gasteiger partial charge in [0.25, 0.3) is 0 Å². The lowest BCUT2D eigenvalue weighted by atomic mass is 10.0. The van der Waals surface area contributed by atoms with Crippen LogP contribution < -0.4 is 5.32 Å². The van der Waals surface area contributed by atoms with Crippen LogP contribution in [0.3, 0.4) is 0 Å². The molecule has 0 atom stereocenters. The van der Waals surface area contributed by atoms with E-state index in [0.29, 0.717) is 22.6 Å². The van der Waals surface area contributed by atoms with Crippen LogP contribution in [0.25, 0.3) is 11.3 Å². The molecule has 0 saturated carbocycles. The molecule has 0 unspecified atom stereocenters. The fraction of sp³-hybridized carbons (Fsp3) is 0.143. The molecule has 1 heterocycles. The van der Waals surface area contributed by atoms with Crippen LogP contribution in [-0.4, -0.2) is 22.4 Å². The fourth-order valence-electron chi connectivity index (χ4n) is 1.70. The summed E-state index contributed by atoms with van der Waals surface area (Å²) >= 11 is 0. The van der Waals surface area contributed by atoms with Crippen LogP contribution >= 0.6 is 0 Å². The molecule has 0 amide bonds. The first kappa shape index (κ1) is 11.9. The number of benzene rings is 1. The molecule has 1 aromatic heterocycles. The van der Waals surface area contributed by atoms with E-state index >= 15 is 0 Å². The molecule has 0 aliphatic heterocycles. The lowest BCUT2D eigenvalue weighted by Gasteiger charge is -2.08. The van der Waals surface area contributed by atoms with Gasteiger partial charge in [0.05, 0.1) is 5.69 Å². The Kier molecular flexibility index (Phi) is 3.16. The van der Waals surface area contributed by atoms with E-state index < -0.39 is 0 Å². The molecule has 2 aromatic rings. The second kappa shape index (κ2) is 4.76. The van der Waals surface area contributed by atoms with E-state index in [1.165, 1.54) is 0 Å². The highest BCUT2D eigenvalue weighted by Gasteiger charge is 2.10. The second-order valence-electron chi connectivity index (χ2n) is 3.89. The predicted octanol–water partition coefficient (Wildman–Crippen LogP) is 2.18. The molecule has 2 rings (SSSR count). The number of phenols is 1. The van der Waals surface area contributed by atoms with Crippen LogP contribution in [0.1, 0.15) is 11.1 Å². The van der Waals surface area contributed by atoms with E-state index in [4.69, 9.17) is 6.42 Å². The largest absolute Gasteiger partial charge is 0.507 e. The van der Waals surface area contributed by atoms with Gasteiger partial charge in [-0.1, -0.05) is 5.92 Å². The minimum atomic E-state index is 0.111. The maximum atomic E-state index is 9.95. The van der Waals surface area contributed by atoms with Crippen LogP contribution in [-0.2, 0) is 0 Å². The SMILES string of the molecule is C#Cc1ccc(-c2nnc(NC)cc2C)c(O)c1. The molecule has 0 spiro atoms. The summed E-state index contributed by atoms with van der Waals surface area (Å²) in [6, 6.07) is 6.93. The fourth-order valence-corrected chi connectivity index (χ4v) is 1.70. The van der Waals surface area contributed by atoms with E-state index in [1.807, 2.05) is 13.0 Å². The van der Waals surface area contributed by atoms with Gasteiger partial charge in [0.15, 0.2) is 0 Å². The normalized spacial score (nSPS) is 9.83. The minimum Gasteiger partial charge on any atom is -0.507 e. The zero-order chi connectivity index (χ0) is 13.1.